The average Bonchev–Trinajstić information content (AvgIpc) is 2.68. The van der Waals surface area contributed by atoms with Crippen molar-refractivity contribution in [3.63, 3.8) is 0 Å². The Morgan fingerprint density at radius 3 is 2.83 bits per heavy atom. The van der Waals surface area contributed by atoms with Gasteiger partial charge in [-0.05, 0) is 61.7 Å². The fourth-order valence-corrected chi connectivity index (χ4v) is 3.63. The fraction of sp³-hybridized carbons (Fsp3) is 0.409. The summed E-state index contributed by atoms with van der Waals surface area (Å²) in [5.41, 5.74) is 0.820. The van der Waals surface area contributed by atoms with Crippen molar-refractivity contribution in [2.45, 2.75) is 31.9 Å². The maximum absolute atomic E-state index is 12.9. The van der Waals surface area contributed by atoms with Gasteiger partial charge in [0.25, 0.3) is 0 Å². The first-order valence-electron chi connectivity index (χ1n) is 9.68. The minimum atomic E-state index is -1.04. The molecule has 0 bridgehead atoms. The summed E-state index contributed by atoms with van der Waals surface area (Å²) in [5, 5.41) is 14.3. The Kier molecular flexibility index (Phi) is 7.11. The molecule has 1 heterocycles. The van der Waals surface area contributed by atoms with Gasteiger partial charge in [-0.2, -0.15) is 0 Å². The van der Waals surface area contributed by atoms with Crippen molar-refractivity contribution < 1.29 is 19.0 Å². The van der Waals surface area contributed by atoms with Crippen LogP contribution in [0.3, 0.4) is 0 Å². The predicted molar refractivity (Wildman–Crippen MR) is 111 cm³/mol. The van der Waals surface area contributed by atoms with Crippen LogP contribution in [0.2, 0.25) is 5.02 Å². The number of halogens is 2. The number of carbonyl (C=O) groups is 1. The SMILES string of the molecule is Cc1ccc(Cl)c(OCC2(O)CCCN(CC(=O)NCc3ccc(F)cc3)C2)c1. The number of carbonyl (C=O) groups excluding carboxylic acids is 1. The second-order valence-corrected chi connectivity index (χ2v) is 8.07. The zero-order valence-electron chi connectivity index (χ0n) is 16.5. The highest BCUT2D eigenvalue weighted by molar-refractivity contribution is 6.32. The Morgan fingerprint density at radius 2 is 2.07 bits per heavy atom. The van der Waals surface area contributed by atoms with E-state index in [2.05, 4.69) is 5.32 Å². The van der Waals surface area contributed by atoms with Gasteiger partial charge in [0.2, 0.25) is 5.91 Å². The number of ether oxygens (including phenoxy) is 1. The quantitative estimate of drug-likeness (QED) is 0.721. The lowest BCUT2D eigenvalue weighted by molar-refractivity contribution is -0.124. The van der Waals surface area contributed by atoms with Crippen LogP contribution < -0.4 is 10.1 Å². The number of hydrogen-bond acceptors (Lipinski definition) is 4. The molecule has 1 fully saturated rings. The van der Waals surface area contributed by atoms with E-state index in [4.69, 9.17) is 16.3 Å². The Hall–Kier alpha value is -2.15. The van der Waals surface area contributed by atoms with Crippen molar-refractivity contribution in [3.05, 3.63) is 64.4 Å². The third-order valence-electron chi connectivity index (χ3n) is 4.99. The Bertz CT molecular complexity index is 846. The molecule has 0 radical (unpaired) electrons. The molecule has 2 N–H and O–H groups in total. The molecule has 1 unspecified atom stereocenters. The molecule has 1 amide bonds. The highest BCUT2D eigenvalue weighted by Gasteiger charge is 2.35. The first-order chi connectivity index (χ1) is 13.8. The number of nitrogens with zero attached hydrogens (tertiary/aromatic N) is 1. The van der Waals surface area contributed by atoms with Gasteiger partial charge in [-0.1, -0.05) is 29.8 Å². The summed E-state index contributed by atoms with van der Waals surface area (Å²) in [7, 11) is 0. The van der Waals surface area contributed by atoms with E-state index in [0.29, 0.717) is 30.3 Å². The van der Waals surface area contributed by atoms with E-state index >= 15 is 0 Å². The number of aliphatic hydroxyl groups is 1. The summed E-state index contributed by atoms with van der Waals surface area (Å²) < 4.78 is 18.7. The summed E-state index contributed by atoms with van der Waals surface area (Å²) in [6.07, 6.45) is 1.37. The van der Waals surface area contributed by atoms with E-state index in [1.807, 2.05) is 24.0 Å². The molecule has 0 aromatic heterocycles. The number of hydrogen-bond donors (Lipinski definition) is 2. The van der Waals surface area contributed by atoms with Gasteiger partial charge in [0.1, 0.15) is 23.8 Å². The molecular formula is C22H26ClFN2O3. The largest absolute Gasteiger partial charge is 0.489 e. The van der Waals surface area contributed by atoms with Crippen LogP contribution in [-0.4, -0.2) is 47.8 Å². The number of aryl methyl sites for hydroxylation is 1. The second kappa shape index (κ2) is 9.57. The van der Waals surface area contributed by atoms with Crippen molar-refractivity contribution in [3.8, 4) is 5.75 Å². The molecule has 5 nitrogen and oxygen atoms in total. The Balaban J connectivity index is 1.49. The lowest BCUT2D eigenvalue weighted by Crippen LogP contribution is -2.53. The van der Waals surface area contributed by atoms with E-state index in [1.54, 1.807) is 18.2 Å². The summed E-state index contributed by atoms with van der Waals surface area (Å²) in [6, 6.07) is 11.5. The molecule has 156 valence electrons. The minimum Gasteiger partial charge on any atom is -0.489 e. The molecule has 29 heavy (non-hydrogen) atoms. The molecule has 0 saturated carbocycles. The van der Waals surface area contributed by atoms with Crippen molar-refractivity contribution in [1.29, 1.82) is 0 Å². The third-order valence-corrected chi connectivity index (χ3v) is 5.30. The monoisotopic (exact) mass is 420 g/mol. The van der Waals surface area contributed by atoms with Crippen LogP contribution in [0.4, 0.5) is 4.39 Å². The number of piperidine rings is 1. The van der Waals surface area contributed by atoms with Crippen LogP contribution >= 0.6 is 11.6 Å². The Labute approximate surface area is 175 Å². The lowest BCUT2D eigenvalue weighted by atomic mass is 9.93. The maximum Gasteiger partial charge on any atom is 0.234 e. The summed E-state index contributed by atoms with van der Waals surface area (Å²) >= 11 is 6.16. The molecule has 1 atom stereocenters. The van der Waals surface area contributed by atoms with E-state index in [-0.39, 0.29) is 24.9 Å². The third kappa shape index (κ3) is 6.42. The second-order valence-electron chi connectivity index (χ2n) is 7.66. The highest BCUT2D eigenvalue weighted by Crippen LogP contribution is 2.28. The van der Waals surface area contributed by atoms with Crippen molar-refractivity contribution in [2.75, 3.05) is 26.2 Å². The molecule has 7 heteroatoms. The number of nitrogens with one attached hydrogen (secondary N) is 1. The van der Waals surface area contributed by atoms with Gasteiger partial charge < -0.3 is 15.2 Å². The number of β-amino-alcohol motifs (C(OH)–C–C–N with tert-alkyl or cyclic N) is 1. The van der Waals surface area contributed by atoms with E-state index in [0.717, 1.165) is 24.1 Å². The van der Waals surface area contributed by atoms with Gasteiger partial charge in [-0.15, -0.1) is 0 Å². The van der Waals surface area contributed by atoms with Gasteiger partial charge in [0.05, 0.1) is 11.6 Å². The summed E-state index contributed by atoms with van der Waals surface area (Å²) in [6.45, 7) is 3.67. The van der Waals surface area contributed by atoms with E-state index in [9.17, 15) is 14.3 Å². The number of amides is 1. The van der Waals surface area contributed by atoms with Crippen LogP contribution in [0.15, 0.2) is 42.5 Å². The molecule has 1 aliphatic rings. The molecule has 1 aliphatic heterocycles. The molecule has 2 aromatic rings. The van der Waals surface area contributed by atoms with Crippen molar-refractivity contribution in [2.24, 2.45) is 0 Å². The average molecular weight is 421 g/mol. The van der Waals surface area contributed by atoms with Gasteiger partial charge in [0, 0.05) is 13.1 Å². The molecule has 1 saturated heterocycles. The summed E-state index contributed by atoms with van der Waals surface area (Å²) in [4.78, 5) is 14.2. The minimum absolute atomic E-state index is 0.115. The molecule has 0 aliphatic carbocycles. The van der Waals surface area contributed by atoms with Gasteiger partial charge in [0.15, 0.2) is 0 Å². The normalized spacial score (nSPS) is 19.7. The first kappa shape index (κ1) is 21.6. The standard InChI is InChI=1S/C22H26ClFN2O3/c1-16-3-8-19(23)20(11-16)29-15-22(28)9-2-10-26(14-22)13-21(27)25-12-17-4-6-18(24)7-5-17/h3-8,11,28H,2,9-10,12-15H2,1H3,(H,25,27). The highest BCUT2D eigenvalue weighted by atomic mass is 35.5. The molecular weight excluding hydrogens is 395 g/mol. The van der Waals surface area contributed by atoms with Crippen LogP contribution in [0.5, 0.6) is 5.75 Å². The lowest BCUT2D eigenvalue weighted by Gasteiger charge is -2.38. The van der Waals surface area contributed by atoms with E-state index in [1.165, 1.54) is 12.1 Å². The fourth-order valence-electron chi connectivity index (χ4n) is 3.45. The van der Waals surface area contributed by atoms with Gasteiger partial charge in [-0.3, -0.25) is 9.69 Å². The predicted octanol–water partition coefficient (Wildman–Crippen LogP) is 3.31. The van der Waals surface area contributed by atoms with Gasteiger partial charge in [-0.25, -0.2) is 4.39 Å². The number of benzene rings is 2. The summed E-state index contributed by atoms with van der Waals surface area (Å²) in [5.74, 6) is 0.109. The number of rotatable bonds is 7. The zero-order chi connectivity index (χ0) is 20.9. The van der Waals surface area contributed by atoms with Gasteiger partial charge >= 0.3 is 0 Å². The smallest absolute Gasteiger partial charge is 0.234 e. The van der Waals surface area contributed by atoms with Crippen LogP contribution in [0, 0.1) is 12.7 Å². The van der Waals surface area contributed by atoms with Crippen LogP contribution in [-0.2, 0) is 11.3 Å². The molecule has 3 rings (SSSR count). The van der Waals surface area contributed by atoms with Crippen molar-refractivity contribution >= 4 is 17.5 Å². The van der Waals surface area contributed by atoms with Crippen LogP contribution in [0.25, 0.3) is 0 Å². The topological polar surface area (TPSA) is 61.8 Å². The molecule has 0 spiro atoms. The number of likely N-dealkylation sites (tertiary alicyclic amines) is 1. The van der Waals surface area contributed by atoms with Crippen LogP contribution in [0.1, 0.15) is 24.0 Å². The zero-order valence-corrected chi connectivity index (χ0v) is 17.2. The molecule has 2 aromatic carbocycles. The van der Waals surface area contributed by atoms with E-state index < -0.39 is 5.60 Å². The first-order valence-corrected chi connectivity index (χ1v) is 10.1. The van der Waals surface area contributed by atoms with Crippen molar-refractivity contribution in [1.82, 2.24) is 10.2 Å². The maximum atomic E-state index is 12.9. The Morgan fingerprint density at radius 1 is 1.31 bits per heavy atom.